The summed E-state index contributed by atoms with van der Waals surface area (Å²) in [6, 6.07) is 4.38. The third kappa shape index (κ3) is 5.72. The average molecular weight is 250 g/mol. The molecule has 0 saturated heterocycles. The maximum absolute atomic E-state index is 5.94. The summed E-state index contributed by atoms with van der Waals surface area (Å²) in [5.74, 6) is 0. The van der Waals surface area contributed by atoms with Crippen molar-refractivity contribution in [3.63, 3.8) is 0 Å². The SMILES string of the molecule is CCCCCCCCCCn1cccc1C(C)N. The molecule has 0 aliphatic carbocycles. The quantitative estimate of drug-likeness (QED) is 0.602. The van der Waals surface area contributed by atoms with E-state index in [0.717, 1.165) is 6.54 Å². The molecule has 0 amide bonds. The monoisotopic (exact) mass is 250 g/mol. The van der Waals surface area contributed by atoms with Crippen LogP contribution in [-0.2, 0) is 6.54 Å². The fourth-order valence-electron chi connectivity index (χ4n) is 2.46. The van der Waals surface area contributed by atoms with E-state index in [2.05, 4.69) is 36.7 Å². The van der Waals surface area contributed by atoms with E-state index in [0.29, 0.717) is 0 Å². The number of nitrogens with zero attached hydrogens (tertiary/aromatic N) is 1. The third-order valence-corrected chi connectivity index (χ3v) is 3.58. The second kappa shape index (κ2) is 9.21. The molecule has 2 N–H and O–H groups in total. The molecule has 18 heavy (non-hydrogen) atoms. The molecule has 1 rings (SSSR count). The molecule has 1 heterocycles. The largest absolute Gasteiger partial charge is 0.350 e. The van der Waals surface area contributed by atoms with Crippen LogP contribution in [-0.4, -0.2) is 4.57 Å². The van der Waals surface area contributed by atoms with E-state index < -0.39 is 0 Å². The van der Waals surface area contributed by atoms with Crippen LogP contribution in [0.5, 0.6) is 0 Å². The Labute approximate surface area is 113 Å². The standard InChI is InChI=1S/C16H30N2/c1-3-4-5-6-7-8-9-10-13-18-14-11-12-16(18)15(2)17/h11-12,14-15H,3-10,13,17H2,1-2H3. The molecule has 0 radical (unpaired) electrons. The molecule has 0 bridgehead atoms. The van der Waals surface area contributed by atoms with E-state index in [1.807, 2.05) is 0 Å². The van der Waals surface area contributed by atoms with Crippen LogP contribution >= 0.6 is 0 Å². The maximum Gasteiger partial charge on any atom is 0.0421 e. The average Bonchev–Trinajstić information content (AvgIpc) is 2.81. The Morgan fingerprint density at radius 2 is 1.67 bits per heavy atom. The summed E-state index contributed by atoms with van der Waals surface area (Å²) in [4.78, 5) is 0. The zero-order valence-electron chi connectivity index (χ0n) is 12.2. The topological polar surface area (TPSA) is 30.9 Å². The predicted octanol–water partition coefficient (Wildman–Crippen LogP) is 4.65. The molecule has 104 valence electrons. The summed E-state index contributed by atoms with van der Waals surface area (Å²) in [6.07, 6.45) is 13.2. The van der Waals surface area contributed by atoms with Crippen molar-refractivity contribution in [3.05, 3.63) is 24.0 Å². The lowest BCUT2D eigenvalue weighted by Gasteiger charge is -2.11. The van der Waals surface area contributed by atoms with E-state index >= 15 is 0 Å². The molecule has 0 saturated carbocycles. The number of rotatable bonds is 10. The van der Waals surface area contributed by atoms with Gasteiger partial charge in [0.15, 0.2) is 0 Å². The van der Waals surface area contributed by atoms with Crippen LogP contribution in [0.1, 0.15) is 76.9 Å². The van der Waals surface area contributed by atoms with Crippen LogP contribution in [0.3, 0.4) is 0 Å². The van der Waals surface area contributed by atoms with E-state index in [9.17, 15) is 0 Å². The van der Waals surface area contributed by atoms with E-state index in [-0.39, 0.29) is 6.04 Å². The van der Waals surface area contributed by atoms with Gasteiger partial charge in [-0.3, -0.25) is 0 Å². The number of nitrogens with two attached hydrogens (primary N) is 1. The van der Waals surface area contributed by atoms with Crippen LogP contribution in [0.4, 0.5) is 0 Å². The van der Waals surface area contributed by atoms with Gasteiger partial charge in [-0.25, -0.2) is 0 Å². The summed E-state index contributed by atoms with van der Waals surface area (Å²) in [5, 5.41) is 0. The van der Waals surface area contributed by atoms with Crippen molar-refractivity contribution in [1.82, 2.24) is 4.57 Å². The highest BCUT2D eigenvalue weighted by Crippen LogP contribution is 2.13. The highest BCUT2D eigenvalue weighted by Gasteiger charge is 2.04. The van der Waals surface area contributed by atoms with Gasteiger partial charge >= 0.3 is 0 Å². The number of aryl methyl sites for hydroxylation is 1. The molecular formula is C16H30N2. The van der Waals surface area contributed by atoms with Crippen LogP contribution in [0.25, 0.3) is 0 Å². The second-order valence-corrected chi connectivity index (χ2v) is 5.39. The number of aromatic nitrogens is 1. The van der Waals surface area contributed by atoms with Gasteiger partial charge in [0.25, 0.3) is 0 Å². The fourth-order valence-corrected chi connectivity index (χ4v) is 2.46. The van der Waals surface area contributed by atoms with Gasteiger partial charge in [-0.2, -0.15) is 0 Å². The molecule has 0 aliphatic rings. The molecule has 0 spiro atoms. The van der Waals surface area contributed by atoms with Crippen molar-refractivity contribution in [1.29, 1.82) is 0 Å². The maximum atomic E-state index is 5.94. The fraction of sp³-hybridized carbons (Fsp3) is 0.750. The molecule has 2 nitrogen and oxygen atoms in total. The Balaban J connectivity index is 2.05. The van der Waals surface area contributed by atoms with Crippen LogP contribution < -0.4 is 5.73 Å². The zero-order chi connectivity index (χ0) is 13.2. The summed E-state index contributed by atoms with van der Waals surface area (Å²) in [5.41, 5.74) is 7.20. The summed E-state index contributed by atoms with van der Waals surface area (Å²) >= 11 is 0. The Morgan fingerprint density at radius 3 is 2.28 bits per heavy atom. The number of unbranched alkanes of at least 4 members (excludes halogenated alkanes) is 7. The van der Waals surface area contributed by atoms with Gasteiger partial charge in [-0.15, -0.1) is 0 Å². The molecular weight excluding hydrogens is 220 g/mol. The molecule has 0 fully saturated rings. The van der Waals surface area contributed by atoms with Crippen molar-refractivity contribution in [2.75, 3.05) is 0 Å². The minimum atomic E-state index is 0.147. The highest BCUT2D eigenvalue weighted by molar-refractivity contribution is 5.10. The second-order valence-electron chi connectivity index (χ2n) is 5.39. The van der Waals surface area contributed by atoms with Crippen LogP contribution in [0, 0.1) is 0 Å². The third-order valence-electron chi connectivity index (χ3n) is 3.58. The van der Waals surface area contributed by atoms with Gasteiger partial charge in [0.05, 0.1) is 0 Å². The van der Waals surface area contributed by atoms with Crippen molar-refractivity contribution in [2.24, 2.45) is 5.73 Å². The molecule has 1 unspecified atom stereocenters. The first kappa shape index (κ1) is 15.3. The first-order chi connectivity index (χ1) is 8.75. The van der Waals surface area contributed by atoms with Crippen molar-refractivity contribution in [2.45, 2.75) is 77.8 Å². The van der Waals surface area contributed by atoms with E-state index in [1.54, 1.807) is 0 Å². The van der Waals surface area contributed by atoms with Crippen LogP contribution in [0.15, 0.2) is 18.3 Å². The summed E-state index contributed by atoms with van der Waals surface area (Å²) < 4.78 is 2.31. The van der Waals surface area contributed by atoms with Gasteiger partial charge in [-0.1, -0.05) is 51.9 Å². The number of hydrogen-bond donors (Lipinski definition) is 1. The van der Waals surface area contributed by atoms with Crippen molar-refractivity contribution >= 4 is 0 Å². The normalized spacial score (nSPS) is 12.8. The van der Waals surface area contributed by atoms with Gasteiger partial charge < -0.3 is 10.3 Å². The minimum Gasteiger partial charge on any atom is -0.350 e. The Kier molecular flexibility index (Phi) is 7.83. The lowest BCUT2D eigenvalue weighted by molar-refractivity contribution is 0.531. The van der Waals surface area contributed by atoms with E-state index in [1.165, 1.54) is 57.1 Å². The first-order valence-electron chi connectivity index (χ1n) is 7.66. The zero-order valence-corrected chi connectivity index (χ0v) is 12.2. The Bertz CT molecular complexity index is 302. The molecule has 0 aliphatic heterocycles. The Morgan fingerprint density at radius 1 is 1.06 bits per heavy atom. The van der Waals surface area contributed by atoms with E-state index in [4.69, 9.17) is 5.73 Å². The minimum absolute atomic E-state index is 0.147. The lowest BCUT2D eigenvalue weighted by Crippen LogP contribution is -2.11. The molecule has 1 aromatic rings. The van der Waals surface area contributed by atoms with Crippen molar-refractivity contribution < 1.29 is 0 Å². The lowest BCUT2D eigenvalue weighted by atomic mass is 10.1. The summed E-state index contributed by atoms with van der Waals surface area (Å²) in [7, 11) is 0. The first-order valence-corrected chi connectivity index (χ1v) is 7.66. The smallest absolute Gasteiger partial charge is 0.0421 e. The molecule has 0 aromatic carbocycles. The predicted molar refractivity (Wildman–Crippen MR) is 79.6 cm³/mol. The van der Waals surface area contributed by atoms with Crippen molar-refractivity contribution in [3.8, 4) is 0 Å². The van der Waals surface area contributed by atoms with Gasteiger partial charge in [0.1, 0.15) is 0 Å². The molecule has 2 heteroatoms. The highest BCUT2D eigenvalue weighted by atomic mass is 15.0. The van der Waals surface area contributed by atoms with Crippen LogP contribution in [0.2, 0.25) is 0 Å². The van der Waals surface area contributed by atoms with Gasteiger partial charge in [0, 0.05) is 24.5 Å². The molecule has 1 atom stereocenters. The number of hydrogen-bond acceptors (Lipinski definition) is 1. The summed E-state index contributed by atoms with van der Waals surface area (Å²) in [6.45, 7) is 5.45. The Hall–Kier alpha value is -0.760. The molecule has 1 aromatic heterocycles. The van der Waals surface area contributed by atoms with Gasteiger partial charge in [0.2, 0.25) is 0 Å². The van der Waals surface area contributed by atoms with Gasteiger partial charge in [-0.05, 0) is 25.5 Å².